The average Bonchev–Trinajstić information content (AvgIpc) is 2.20. The largest absolute Gasteiger partial charge is 0.439 e. The van der Waals surface area contributed by atoms with Crippen LogP contribution < -0.4 is 0 Å². The maximum Gasteiger partial charge on any atom is 0.389 e. The first-order chi connectivity index (χ1) is 9.25. The predicted molar refractivity (Wildman–Crippen MR) is 76.6 cm³/mol. The highest BCUT2D eigenvalue weighted by atomic mass is 28.5. The minimum absolute atomic E-state index is 0.455. The van der Waals surface area contributed by atoms with Crippen molar-refractivity contribution in [3.63, 3.8) is 0 Å². The second kappa shape index (κ2) is 8.13. The van der Waals surface area contributed by atoms with Crippen molar-refractivity contribution in [3.8, 4) is 0 Å². The van der Waals surface area contributed by atoms with Gasteiger partial charge in [0.15, 0.2) is 18.1 Å². The summed E-state index contributed by atoms with van der Waals surface area (Å²) in [5.41, 5.74) is 0. The molecule has 0 rings (SSSR count). The van der Waals surface area contributed by atoms with Crippen LogP contribution in [-0.4, -0.2) is 39.0 Å². The zero-order valence-electron chi connectivity index (χ0n) is 12.6. The van der Waals surface area contributed by atoms with E-state index in [1.54, 1.807) is 26.2 Å². The van der Waals surface area contributed by atoms with Crippen LogP contribution >= 0.6 is 0 Å². The summed E-state index contributed by atoms with van der Waals surface area (Å²) < 4.78 is 85.9. The average molecular weight is 373 g/mol. The molecular weight excluding hydrogens is 350 g/mol. The van der Waals surface area contributed by atoms with Gasteiger partial charge < -0.3 is 8.23 Å². The summed E-state index contributed by atoms with van der Waals surface area (Å²) in [5, 5.41) is 0. The molecule has 0 saturated heterocycles. The van der Waals surface area contributed by atoms with Crippen molar-refractivity contribution < 1.29 is 34.6 Å². The molecule has 0 aliphatic heterocycles. The second-order valence-corrected chi connectivity index (χ2v) is 14.4. The highest BCUT2D eigenvalue weighted by Gasteiger charge is 2.45. The van der Waals surface area contributed by atoms with Crippen molar-refractivity contribution >= 4 is 26.6 Å². The van der Waals surface area contributed by atoms with Gasteiger partial charge in [0.1, 0.15) is 0 Å². The van der Waals surface area contributed by atoms with Crippen LogP contribution in [0, 0.1) is 0 Å². The molecule has 0 saturated carbocycles. The molecule has 0 aliphatic rings. The zero-order chi connectivity index (χ0) is 16.9. The first kappa shape index (κ1) is 21.2. The molecule has 0 fully saturated rings. The van der Waals surface area contributed by atoms with E-state index >= 15 is 0 Å². The highest BCUT2D eigenvalue weighted by molar-refractivity contribution is 6.79. The molecule has 0 amide bonds. The van der Waals surface area contributed by atoms with Crippen molar-refractivity contribution in [1.29, 1.82) is 0 Å². The Bertz CT molecular complexity index is 276. The van der Waals surface area contributed by atoms with Gasteiger partial charge in [-0.05, 0) is 38.3 Å². The Hall–Kier alpha value is 0.151. The summed E-state index contributed by atoms with van der Waals surface area (Å²) in [7, 11) is -7.06. The van der Waals surface area contributed by atoms with Crippen LogP contribution in [0.25, 0.3) is 0 Å². The molecule has 0 aromatic rings. The minimum Gasteiger partial charge on any atom is -0.439 e. The molecular formula is C10H22F6O2Si3. The lowest BCUT2D eigenvalue weighted by Gasteiger charge is -2.35. The van der Waals surface area contributed by atoms with E-state index in [2.05, 4.69) is 0 Å². The smallest absolute Gasteiger partial charge is 0.389 e. The lowest BCUT2D eigenvalue weighted by molar-refractivity contribution is -0.133. The molecule has 128 valence electrons. The molecule has 2 nitrogen and oxygen atoms in total. The fraction of sp³-hybridized carbons (Fsp3) is 1.00. The normalized spacial score (nSPS) is 14.3. The molecule has 11 heteroatoms. The summed E-state index contributed by atoms with van der Waals surface area (Å²) in [5.74, 6) is 0. The van der Waals surface area contributed by atoms with Crippen molar-refractivity contribution in [1.82, 2.24) is 0 Å². The number of halogens is 6. The van der Waals surface area contributed by atoms with Crippen molar-refractivity contribution in [3.05, 3.63) is 0 Å². The Balaban J connectivity index is 5.10. The SMILES string of the molecule is C[SiH](C)O[Si](CCC(F)(F)F)(CCC(F)(F)F)O[SiH](C)C. The highest BCUT2D eigenvalue weighted by Crippen LogP contribution is 2.34. The number of rotatable bonds is 8. The van der Waals surface area contributed by atoms with Gasteiger partial charge in [-0.15, -0.1) is 0 Å². The Morgan fingerprint density at radius 3 is 1.19 bits per heavy atom. The Morgan fingerprint density at radius 1 is 0.714 bits per heavy atom. The first-order valence-corrected chi connectivity index (χ1v) is 14.5. The van der Waals surface area contributed by atoms with E-state index in [-0.39, 0.29) is 0 Å². The Morgan fingerprint density at radius 2 is 1.00 bits per heavy atom. The van der Waals surface area contributed by atoms with Crippen LogP contribution in [0.2, 0.25) is 38.3 Å². The van der Waals surface area contributed by atoms with Crippen LogP contribution in [-0.2, 0) is 8.23 Å². The van der Waals surface area contributed by atoms with E-state index in [1.165, 1.54) is 0 Å². The third-order valence-corrected chi connectivity index (χ3v) is 11.7. The van der Waals surface area contributed by atoms with E-state index in [9.17, 15) is 26.3 Å². The molecule has 0 bridgehead atoms. The molecule has 0 atom stereocenters. The molecule has 0 unspecified atom stereocenters. The van der Waals surface area contributed by atoms with E-state index in [0.29, 0.717) is 0 Å². The summed E-state index contributed by atoms with van der Waals surface area (Å²) in [4.78, 5) is 0. The van der Waals surface area contributed by atoms with Crippen molar-refractivity contribution in [2.75, 3.05) is 0 Å². The minimum atomic E-state index is -4.42. The molecule has 0 aromatic heterocycles. The fourth-order valence-electron chi connectivity index (χ4n) is 1.91. The summed E-state index contributed by atoms with van der Waals surface area (Å²) in [6, 6.07) is -0.911. The van der Waals surface area contributed by atoms with Gasteiger partial charge in [0.05, 0.1) is 0 Å². The first-order valence-electron chi connectivity index (χ1n) is 6.74. The van der Waals surface area contributed by atoms with E-state index < -0.39 is 63.9 Å². The Kier molecular flexibility index (Phi) is 8.19. The quantitative estimate of drug-likeness (QED) is 0.466. The summed E-state index contributed by atoms with van der Waals surface area (Å²) in [6.45, 7) is 6.92. The van der Waals surface area contributed by atoms with Gasteiger partial charge in [0.2, 0.25) is 0 Å². The predicted octanol–water partition coefficient (Wildman–Crippen LogP) is 4.33. The maximum atomic E-state index is 12.4. The van der Waals surface area contributed by atoms with E-state index in [0.717, 1.165) is 0 Å². The molecule has 0 aromatic carbocycles. The van der Waals surface area contributed by atoms with Gasteiger partial charge in [-0.25, -0.2) is 0 Å². The van der Waals surface area contributed by atoms with Crippen LogP contribution in [0.5, 0.6) is 0 Å². The van der Waals surface area contributed by atoms with Gasteiger partial charge in [-0.3, -0.25) is 0 Å². The molecule has 21 heavy (non-hydrogen) atoms. The third kappa shape index (κ3) is 11.4. The summed E-state index contributed by atoms with van der Waals surface area (Å²) >= 11 is 0. The standard InChI is InChI=1S/C10H22F6O2Si3/c1-19(2)17-21(18-20(3)4,7-5-9(11,12)13)8-6-10(14,15)16/h19-20H,5-8H2,1-4H3. The molecule has 0 aliphatic carbocycles. The number of alkyl halides is 6. The van der Waals surface area contributed by atoms with Crippen LogP contribution in [0.3, 0.4) is 0 Å². The second-order valence-electron chi connectivity index (χ2n) is 5.47. The lowest BCUT2D eigenvalue weighted by Crippen LogP contribution is -2.49. The van der Waals surface area contributed by atoms with Crippen LogP contribution in [0.15, 0.2) is 0 Å². The number of hydrogen-bond donors (Lipinski definition) is 0. The van der Waals surface area contributed by atoms with Crippen molar-refractivity contribution in [2.45, 2.75) is 63.5 Å². The summed E-state index contributed by atoms with van der Waals surface area (Å²) in [6.07, 6.45) is -11.1. The third-order valence-electron chi connectivity index (χ3n) is 2.48. The zero-order valence-corrected chi connectivity index (χ0v) is 15.9. The number of hydrogen-bond acceptors (Lipinski definition) is 2. The Labute approximate surface area is 125 Å². The molecule has 0 radical (unpaired) electrons. The monoisotopic (exact) mass is 372 g/mol. The molecule has 0 N–H and O–H groups in total. The fourth-order valence-corrected chi connectivity index (χ4v) is 13.0. The van der Waals surface area contributed by atoms with E-state index in [1.807, 2.05) is 0 Å². The van der Waals surface area contributed by atoms with Gasteiger partial charge >= 0.3 is 20.9 Å². The topological polar surface area (TPSA) is 18.5 Å². The maximum absolute atomic E-state index is 12.4. The van der Waals surface area contributed by atoms with Crippen LogP contribution in [0.4, 0.5) is 26.3 Å². The van der Waals surface area contributed by atoms with Gasteiger partial charge in [0.25, 0.3) is 0 Å². The van der Waals surface area contributed by atoms with Crippen LogP contribution in [0.1, 0.15) is 12.8 Å². The molecule has 0 spiro atoms. The molecule has 0 heterocycles. The van der Waals surface area contributed by atoms with Gasteiger partial charge in [-0.1, -0.05) is 0 Å². The van der Waals surface area contributed by atoms with E-state index in [4.69, 9.17) is 8.23 Å². The van der Waals surface area contributed by atoms with Gasteiger partial charge in [0, 0.05) is 12.8 Å². The lowest BCUT2D eigenvalue weighted by atomic mass is 10.5. The van der Waals surface area contributed by atoms with Gasteiger partial charge in [-0.2, -0.15) is 26.3 Å². The van der Waals surface area contributed by atoms with Crippen molar-refractivity contribution in [2.24, 2.45) is 0 Å².